The Morgan fingerprint density at radius 3 is 2.83 bits per heavy atom. The van der Waals surface area contributed by atoms with Crippen LogP contribution in [0.3, 0.4) is 0 Å². The number of para-hydroxylation sites is 1. The van der Waals surface area contributed by atoms with E-state index in [1.807, 2.05) is 42.3 Å². The Kier molecular flexibility index (Phi) is 3.37. The number of benzene rings is 1. The van der Waals surface area contributed by atoms with Crippen LogP contribution in [0.4, 0.5) is 5.95 Å². The lowest BCUT2D eigenvalue weighted by Crippen LogP contribution is -2.24. The van der Waals surface area contributed by atoms with Gasteiger partial charge in [-0.3, -0.25) is 9.78 Å². The lowest BCUT2D eigenvalue weighted by atomic mass is 10.3. The summed E-state index contributed by atoms with van der Waals surface area (Å²) in [6.07, 6.45) is 5.38. The summed E-state index contributed by atoms with van der Waals surface area (Å²) < 4.78 is 1.71. The van der Waals surface area contributed by atoms with Crippen LogP contribution in [0.2, 0.25) is 0 Å². The van der Waals surface area contributed by atoms with Gasteiger partial charge < -0.3 is 4.90 Å². The normalized spacial score (nSPS) is 14.3. The molecule has 0 saturated heterocycles. The molecule has 0 spiro atoms. The Bertz CT molecular complexity index is 879. The number of hydrogen-bond acceptors (Lipinski definition) is 4. The van der Waals surface area contributed by atoms with Gasteiger partial charge in [0.1, 0.15) is 5.39 Å². The van der Waals surface area contributed by atoms with Gasteiger partial charge in [0.15, 0.2) is 5.65 Å². The summed E-state index contributed by atoms with van der Waals surface area (Å²) in [4.78, 5) is 21.8. The molecule has 1 N–H and O–H groups in total. The van der Waals surface area contributed by atoms with E-state index in [1.165, 1.54) is 12.8 Å². The fourth-order valence-electron chi connectivity index (χ4n) is 2.73. The summed E-state index contributed by atoms with van der Waals surface area (Å²) in [5.41, 5.74) is 1.34. The van der Waals surface area contributed by atoms with Crippen molar-refractivity contribution in [1.82, 2.24) is 19.7 Å². The lowest BCUT2D eigenvalue weighted by molar-refractivity contribution is 0.700. The molecule has 0 aliphatic heterocycles. The van der Waals surface area contributed by atoms with E-state index >= 15 is 0 Å². The van der Waals surface area contributed by atoms with Gasteiger partial charge >= 0.3 is 0 Å². The van der Waals surface area contributed by atoms with Gasteiger partial charge in [0.2, 0.25) is 5.95 Å². The average Bonchev–Trinajstić information content (AvgIpc) is 3.30. The molecular weight excluding hydrogens is 290 g/mol. The topological polar surface area (TPSA) is 66.8 Å². The van der Waals surface area contributed by atoms with E-state index in [0.29, 0.717) is 17.0 Å². The molecule has 1 aliphatic rings. The van der Waals surface area contributed by atoms with Crippen LogP contribution in [0.5, 0.6) is 0 Å². The maximum atomic E-state index is 12.3. The molecule has 1 fully saturated rings. The highest BCUT2D eigenvalue weighted by molar-refractivity contribution is 5.76. The summed E-state index contributed by atoms with van der Waals surface area (Å²) in [7, 11) is 1.97. The van der Waals surface area contributed by atoms with E-state index in [-0.39, 0.29) is 5.56 Å². The van der Waals surface area contributed by atoms with Crippen molar-refractivity contribution in [3.8, 4) is 5.69 Å². The van der Waals surface area contributed by atoms with Gasteiger partial charge in [-0.2, -0.15) is 10.1 Å². The van der Waals surface area contributed by atoms with Crippen molar-refractivity contribution < 1.29 is 0 Å². The quantitative estimate of drug-likeness (QED) is 0.785. The van der Waals surface area contributed by atoms with Gasteiger partial charge in [-0.05, 0) is 24.5 Å². The number of fused-ring (bicyclic) bond motifs is 1. The van der Waals surface area contributed by atoms with Crippen LogP contribution in [0, 0.1) is 5.92 Å². The second-order valence-corrected chi connectivity index (χ2v) is 6.17. The first-order valence-corrected chi connectivity index (χ1v) is 7.97. The molecule has 0 atom stereocenters. The number of aromatic amines is 1. The molecule has 3 aromatic rings. The Labute approximate surface area is 133 Å². The first-order chi connectivity index (χ1) is 11.2. The van der Waals surface area contributed by atoms with Gasteiger partial charge in [0, 0.05) is 13.6 Å². The number of rotatable bonds is 5. The van der Waals surface area contributed by atoms with Crippen LogP contribution in [0.15, 0.2) is 41.3 Å². The van der Waals surface area contributed by atoms with Gasteiger partial charge in [-0.25, -0.2) is 4.68 Å². The summed E-state index contributed by atoms with van der Waals surface area (Å²) in [5, 5.41) is 4.83. The van der Waals surface area contributed by atoms with E-state index in [0.717, 1.165) is 24.6 Å². The van der Waals surface area contributed by atoms with Gasteiger partial charge in [-0.1, -0.05) is 31.0 Å². The SMILES string of the molecule is CN(CCC1CC1)c1nc2c(cnn2-c2ccccc2)c(=O)[nH]1. The molecule has 6 nitrogen and oxygen atoms in total. The maximum Gasteiger partial charge on any atom is 0.263 e. The summed E-state index contributed by atoms with van der Waals surface area (Å²) in [5.74, 6) is 1.45. The molecule has 0 bridgehead atoms. The Balaban J connectivity index is 1.74. The molecule has 1 saturated carbocycles. The van der Waals surface area contributed by atoms with Crippen LogP contribution in [-0.4, -0.2) is 33.3 Å². The molecule has 0 radical (unpaired) electrons. The smallest absolute Gasteiger partial charge is 0.263 e. The number of anilines is 1. The van der Waals surface area contributed by atoms with Crippen molar-refractivity contribution in [3.63, 3.8) is 0 Å². The summed E-state index contributed by atoms with van der Waals surface area (Å²) >= 11 is 0. The molecule has 23 heavy (non-hydrogen) atoms. The molecular formula is C17H19N5O. The zero-order valence-electron chi connectivity index (χ0n) is 13.1. The number of aromatic nitrogens is 4. The zero-order chi connectivity index (χ0) is 15.8. The predicted molar refractivity (Wildman–Crippen MR) is 90.1 cm³/mol. The molecule has 1 aromatic carbocycles. The van der Waals surface area contributed by atoms with Crippen LogP contribution in [-0.2, 0) is 0 Å². The highest BCUT2D eigenvalue weighted by Crippen LogP contribution is 2.32. The van der Waals surface area contributed by atoms with E-state index in [2.05, 4.69) is 15.1 Å². The Morgan fingerprint density at radius 1 is 1.30 bits per heavy atom. The molecule has 2 aromatic heterocycles. The van der Waals surface area contributed by atoms with Crippen LogP contribution < -0.4 is 10.5 Å². The molecule has 2 heterocycles. The highest BCUT2D eigenvalue weighted by Gasteiger charge is 2.22. The monoisotopic (exact) mass is 309 g/mol. The maximum absolute atomic E-state index is 12.3. The molecule has 118 valence electrons. The molecule has 6 heteroatoms. The van der Waals surface area contributed by atoms with Crippen molar-refractivity contribution in [2.75, 3.05) is 18.5 Å². The van der Waals surface area contributed by atoms with Gasteiger partial charge in [-0.15, -0.1) is 0 Å². The number of hydrogen-bond donors (Lipinski definition) is 1. The summed E-state index contributed by atoms with van der Waals surface area (Å²) in [6, 6.07) is 9.74. The van der Waals surface area contributed by atoms with Crippen molar-refractivity contribution in [2.45, 2.75) is 19.3 Å². The third kappa shape index (κ3) is 2.72. The van der Waals surface area contributed by atoms with Crippen molar-refractivity contribution >= 4 is 17.0 Å². The minimum absolute atomic E-state index is 0.148. The van der Waals surface area contributed by atoms with E-state index < -0.39 is 0 Å². The lowest BCUT2D eigenvalue weighted by Gasteiger charge is -2.17. The van der Waals surface area contributed by atoms with Crippen molar-refractivity contribution in [2.24, 2.45) is 5.92 Å². The van der Waals surface area contributed by atoms with E-state index in [9.17, 15) is 4.79 Å². The molecule has 0 amide bonds. The van der Waals surface area contributed by atoms with E-state index in [4.69, 9.17) is 0 Å². The average molecular weight is 309 g/mol. The molecule has 1 aliphatic carbocycles. The Hall–Kier alpha value is -2.63. The second kappa shape index (κ2) is 5.53. The highest BCUT2D eigenvalue weighted by atomic mass is 16.1. The first-order valence-electron chi connectivity index (χ1n) is 7.97. The van der Waals surface area contributed by atoms with Crippen molar-refractivity contribution in [1.29, 1.82) is 0 Å². The molecule has 4 rings (SSSR count). The predicted octanol–water partition coefficient (Wildman–Crippen LogP) is 2.35. The third-order valence-corrected chi connectivity index (χ3v) is 4.36. The first kappa shape index (κ1) is 14.0. The van der Waals surface area contributed by atoms with Crippen LogP contribution in [0.1, 0.15) is 19.3 Å². The van der Waals surface area contributed by atoms with Gasteiger partial charge in [0.25, 0.3) is 5.56 Å². The largest absolute Gasteiger partial charge is 0.345 e. The van der Waals surface area contributed by atoms with E-state index in [1.54, 1.807) is 10.9 Å². The number of H-pyrrole nitrogens is 1. The standard InChI is InChI=1S/C17H19N5O/c1-21(10-9-12-7-8-12)17-19-15-14(16(23)20-17)11-18-22(15)13-5-3-2-4-6-13/h2-6,11-12H,7-10H2,1H3,(H,19,20,23). The van der Waals surface area contributed by atoms with Gasteiger partial charge in [0.05, 0.1) is 11.9 Å². The minimum Gasteiger partial charge on any atom is -0.345 e. The fourth-order valence-corrected chi connectivity index (χ4v) is 2.73. The number of nitrogens with one attached hydrogen (secondary N) is 1. The van der Waals surface area contributed by atoms with Crippen LogP contribution in [0.25, 0.3) is 16.7 Å². The summed E-state index contributed by atoms with van der Waals surface area (Å²) in [6.45, 7) is 0.901. The molecule has 0 unspecified atom stereocenters. The fraction of sp³-hybridized carbons (Fsp3) is 0.353. The third-order valence-electron chi connectivity index (χ3n) is 4.36. The zero-order valence-corrected chi connectivity index (χ0v) is 13.1. The minimum atomic E-state index is -0.148. The Morgan fingerprint density at radius 2 is 2.09 bits per heavy atom. The second-order valence-electron chi connectivity index (χ2n) is 6.17. The number of nitrogens with zero attached hydrogens (tertiary/aromatic N) is 4. The van der Waals surface area contributed by atoms with Crippen LogP contribution >= 0.6 is 0 Å². The van der Waals surface area contributed by atoms with Crippen molar-refractivity contribution in [3.05, 3.63) is 46.9 Å².